The second-order valence-electron chi connectivity index (χ2n) is 5.20. The van der Waals surface area contributed by atoms with Gasteiger partial charge in [-0.15, -0.1) is 0 Å². The van der Waals surface area contributed by atoms with E-state index in [0.717, 1.165) is 18.0 Å². The van der Waals surface area contributed by atoms with Crippen molar-refractivity contribution in [1.82, 2.24) is 4.90 Å². The first kappa shape index (κ1) is 11.3. The Morgan fingerprint density at radius 1 is 1.33 bits per heavy atom. The van der Waals surface area contributed by atoms with Crippen LogP contribution in [0.15, 0.2) is 47.3 Å². The molecule has 0 spiro atoms. The van der Waals surface area contributed by atoms with Gasteiger partial charge in [-0.1, -0.05) is 17.7 Å². The van der Waals surface area contributed by atoms with Crippen molar-refractivity contribution in [3.8, 4) is 0 Å². The van der Waals surface area contributed by atoms with Crippen LogP contribution in [0.3, 0.4) is 0 Å². The first-order valence-electron chi connectivity index (χ1n) is 6.49. The van der Waals surface area contributed by atoms with E-state index < -0.39 is 5.97 Å². The zero-order valence-corrected chi connectivity index (χ0v) is 10.3. The van der Waals surface area contributed by atoms with Crippen LogP contribution in [-0.4, -0.2) is 22.5 Å². The van der Waals surface area contributed by atoms with E-state index in [4.69, 9.17) is 5.11 Å². The van der Waals surface area contributed by atoms with Gasteiger partial charge in [-0.05, 0) is 49.3 Å². The average molecular weight is 243 g/mol. The molecule has 1 heterocycles. The summed E-state index contributed by atoms with van der Waals surface area (Å²) in [4.78, 5) is 12.8. The summed E-state index contributed by atoms with van der Waals surface area (Å²) in [6.07, 6.45) is 14.6. The minimum absolute atomic E-state index is 0.0332. The highest BCUT2D eigenvalue weighted by molar-refractivity contribution is 5.70. The largest absolute Gasteiger partial charge is 0.480 e. The number of fused-ring (bicyclic) bond motifs is 2. The van der Waals surface area contributed by atoms with Gasteiger partial charge in [0.05, 0.1) is 0 Å². The van der Waals surface area contributed by atoms with Crippen molar-refractivity contribution in [2.24, 2.45) is 5.92 Å². The molecule has 1 saturated carbocycles. The molecule has 3 heteroatoms. The summed E-state index contributed by atoms with van der Waals surface area (Å²) in [5.41, 5.74) is 4.02. The van der Waals surface area contributed by atoms with Crippen LogP contribution < -0.4 is 0 Å². The topological polar surface area (TPSA) is 40.5 Å². The number of aliphatic carboxylic acids is 1. The molecule has 1 N–H and O–H groups in total. The number of allylic oxidation sites excluding steroid dienone is 6. The molecule has 0 aromatic rings. The Labute approximate surface area is 107 Å². The molecule has 1 aliphatic heterocycles. The van der Waals surface area contributed by atoms with E-state index in [9.17, 15) is 4.79 Å². The van der Waals surface area contributed by atoms with Gasteiger partial charge in [0.15, 0.2) is 0 Å². The number of hydrogen-bond acceptors (Lipinski definition) is 2. The van der Waals surface area contributed by atoms with Crippen LogP contribution in [0.25, 0.3) is 0 Å². The van der Waals surface area contributed by atoms with Crippen LogP contribution in [-0.2, 0) is 4.79 Å². The number of carboxylic acid groups (broad SMARTS) is 1. The van der Waals surface area contributed by atoms with E-state index in [0.29, 0.717) is 0 Å². The lowest BCUT2D eigenvalue weighted by molar-refractivity contribution is -0.137. The monoisotopic (exact) mass is 243 g/mol. The summed E-state index contributed by atoms with van der Waals surface area (Å²) in [5, 5.41) is 9.01. The molecule has 2 aliphatic carbocycles. The quantitative estimate of drug-likeness (QED) is 0.828. The molecule has 0 aromatic carbocycles. The van der Waals surface area contributed by atoms with Gasteiger partial charge in [-0.3, -0.25) is 4.79 Å². The smallest absolute Gasteiger partial charge is 0.323 e. The van der Waals surface area contributed by atoms with Crippen molar-refractivity contribution in [3.63, 3.8) is 0 Å². The second-order valence-corrected chi connectivity index (χ2v) is 5.20. The van der Waals surface area contributed by atoms with E-state index in [-0.39, 0.29) is 6.54 Å². The minimum atomic E-state index is -0.791. The van der Waals surface area contributed by atoms with Crippen LogP contribution >= 0.6 is 0 Å². The summed E-state index contributed by atoms with van der Waals surface area (Å²) in [6.45, 7) is 0.0332. The van der Waals surface area contributed by atoms with Crippen molar-refractivity contribution in [2.45, 2.75) is 25.7 Å². The zero-order chi connectivity index (χ0) is 12.5. The Hall–Kier alpha value is -1.77. The fourth-order valence-corrected chi connectivity index (χ4v) is 3.20. The van der Waals surface area contributed by atoms with Gasteiger partial charge in [0, 0.05) is 11.9 Å². The number of nitrogens with zero attached hydrogens (tertiary/aromatic N) is 1. The molecule has 18 heavy (non-hydrogen) atoms. The van der Waals surface area contributed by atoms with Crippen molar-refractivity contribution in [2.75, 3.05) is 6.54 Å². The van der Waals surface area contributed by atoms with Crippen LogP contribution in [0, 0.1) is 5.92 Å². The van der Waals surface area contributed by atoms with E-state index in [1.165, 1.54) is 24.8 Å². The minimum Gasteiger partial charge on any atom is -0.480 e. The van der Waals surface area contributed by atoms with Gasteiger partial charge in [-0.25, -0.2) is 0 Å². The van der Waals surface area contributed by atoms with Crippen molar-refractivity contribution >= 4 is 5.97 Å². The number of hydrogen-bond donors (Lipinski definition) is 1. The van der Waals surface area contributed by atoms with Crippen molar-refractivity contribution in [1.29, 1.82) is 0 Å². The van der Waals surface area contributed by atoms with Gasteiger partial charge < -0.3 is 10.0 Å². The highest BCUT2D eigenvalue weighted by Crippen LogP contribution is 2.47. The first-order valence-corrected chi connectivity index (χ1v) is 6.49. The van der Waals surface area contributed by atoms with Crippen molar-refractivity contribution < 1.29 is 9.90 Å². The van der Waals surface area contributed by atoms with E-state index in [1.54, 1.807) is 5.57 Å². The predicted molar refractivity (Wildman–Crippen MR) is 69.7 cm³/mol. The van der Waals surface area contributed by atoms with Gasteiger partial charge >= 0.3 is 5.97 Å². The lowest BCUT2D eigenvalue weighted by atomic mass is 9.96. The van der Waals surface area contributed by atoms with Crippen LogP contribution in [0.1, 0.15) is 25.7 Å². The maximum Gasteiger partial charge on any atom is 0.323 e. The molecule has 3 nitrogen and oxygen atoms in total. The summed E-state index contributed by atoms with van der Waals surface area (Å²) >= 11 is 0. The summed E-state index contributed by atoms with van der Waals surface area (Å²) in [7, 11) is 0. The fraction of sp³-hybridized carbons (Fsp3) is 0.400. The van der Waals surface area contributed by atoms with Gasteiger partial charge in [0.25, 0.3) is 0 Å². The third-order valence-electron chi connectivity index (χ3n) is 3.98. The number of rotatable bonds is 3. The Morgan fingerprint density at radius 2 is 2.22 bits per heavy atom. The van der Waals surface area contributed by atoms with Gasteiger partial charge in [0.1, 0.15) is 6.54 Å². The molecule has 2 bridgehead atoms. The molecule has 1 fully saturated rings. The predicted octanol–water partition coefficient (Wildman–Crippen LogP) is 2.84. The van der Waals surface area contributed by atoms with Crippen LogP contribution in [0.4, 0.5) is 0 Å². The molecule has 0 aromatic heterocycles. The summed E-state index contributed by atoms with van der Waals surface area (Å²) in [6, 6.07) is 0. The van der Waals surface area contributed by atoms with Gasteiger partial charge in [-0.2, -0.15) is 0 Å². The molecule has 0 amide bonds. The van der Waals surface area contributed by atoms with E-state index in [1.807, 2.05) is 35.4 Å². The molecule has 0 radical (unpaired) electrons. The third kappa shape index (κ3) is 2.01. The molecule has 3 aliphatic rings. The molecular formula is C15H17NO2. The normalized spacial score (nSPS) is 25.7. The molecule has 1 atom stereocenters. The number of carboxylic acids is 1. The fourth-order valence-electron chi connectivity index (χ4n) is 3.20. The maximum atomic E-state index is 11.0. The number of carbonyl (C=O) groups is 1. The molecule has 0 saturated heterocycles. The van der Waals surface area contributed by atoms with Gasteiger partial charge in [0.2, 0.25) is 0 Å². The summed E-state index contributed by atoms with van der Waals surface area (Å²) in [5.74, 6) is 0.0139. The Kier molecular flexibility index (Phi) is 2.82. The summed E-state index contributed by atoms with van der Waals surface area (Å²) < 4.78 is 0. The standard InChI is InChI=1S/C15H17NO2/c17-15(18)10-16-7-3-1-2-4-14(16)13-9-11-5-6-12(13)8-11/h1-4,7,11H,5-6,8-10H2,(H,17,18). The van der Waals surface area contributed by atoms with Crippen molar-refractivity contribution in [3.05, 3.63) is 47.3 Å². The Bertz CT molecular complexity index is 497. The van der Waals surface area contributed by atoms with Crippen LogP contribution in [0.5, 0.6) is 0 Å². The lowest BCUT2D eigenvalue weighted by Crippen LogP contribution is -2.25. The SMILES string of the molecule is O=C(O)CN1C=CC=CC=C1C1=C2CCC(C2)C1. The Balaban J connectivity index is 1.92. The Morgan fingerprint density at radius 3 is 2.89 bits per heavy atom. The second kappa shape index (κ2) is 4.48. The lowest BCUT2D eigenvalue weighted by Gasteiger charge is -2.25. The van der Waals surface area contributed by atoms with E-state index in [2.05, 4.69) is 0 Å². The van der Waals surface area contributed by atoms with Crippen LogP contribution in [0.2, 0.25) is 0 Å². The maximum absolute atomic E-state index is 11.0. The highest BCUT2D eigenvalue weighted by atomic mass is 16.4. The molecule has 1 unspecified atom stereocenters. The zero-order valence-electron chi connectivity index (χ0n) is 10.3. The molecule has 94 valence electrons. The first-order chi connectivity index (χ1) is 8.74. The molecular weight excluding hydrogens is 226 g/mol. The molecule has 3 rings (SSSR count). The highest BCUT2D eigenvalue weighted by Gasteiger charge is 2.32. The average Bonchev–Trinajstić information content (AvgIpc) is 2.88. The van der Waals surface area contributed by atoms with E-state index >= 15 is 0 Å². The third-order valence-corrected chi connectivity index (χ3v) is 3.98.